The minimum atomic E-state index is -0.731. The molecule has 2 unspecified atom stereocenters. The summed E-state index contributed by atoms with van der Waals surface area (Å²) < 4.78 is 6.00. The average Bonchev–Trinajstić information content (AvgIpc) is 3.35. The van der Waals surface area contributed by atoms with E-state index in [-0.39, 0.29) is 23.7 Å². The van der Waals surface area contributed by atoms with Crippen molar-refractivity contribution in [1.29, 1.82) is 5.26 Å². The first-order valence-corrected chi connectivity index (χ1v) is 16.0. The molecule has 1 aromatic heterocycles. The summed E-state index contributed by atoms with van der Waals surface area (Å²) in [4.78, 5) is 57.1. The third-order valence-electron chi connectivity index (χ3n) is 7.96. The number of aryl methyl sites for hydroxylation is 1. The van der Waals surface area contributed by atoms with Crippen molar-refractivity contribution >= 4 is 56.9 Å². The fraction of sp³-hybridized carbons (Fsp3) is 0.200. The molecular formula is C35H26BrN3O5S. The second-order valence-electron chi connectivity index (χ2n) is 10.8. The number of amides is 2. The molecule has 0 saturated carbocycles. The van der Waals surface area contributed by atoms with Crippen LogP contribution >= 0.6 is 27.7 Å². The number of carbonyl (C=O) groups excluding carboxylic acids is 4. The molecule has 1 aliphatic carbocycles. The number of hydrogen-bond acceptors (Lipinski definition) is 8. The van der Waals surface area contributed by atoms with Crippen molar-refractivity contribution in [3.05, 3.63) is 123 Å². The van der Waals surface area contributed by atoms with Gasteiger partial charge in [0, 0.05) is 22.2 Å². The van der Waals surface area contributed by atoms with Crippen molar-refractivity contribution in [1.82, 2.24) is 4.98 Å². The summed E-state index contributed by atoms with van der Waals surface area (Å²) >= 11 is 4.46. The van der Waals surface area contributed by atoms with Crippen LogP contribution in [-0.4, -0.2) is 40.4 Å². The van der Waals surface area contributed by atoms with Crippen LogP contribution in [0, 0.1) is 11.3 Å². The van der Waals surface area contributed by atoms with Crippen molar-refractivity contribution in [2.24, 2.45) is 0 Å². The summed E-state index contributed by atoms with van der Waals surface area (Å²) in [5.74, 6) is -1.46. The predicted octanol–water partition coefficient (Wildman–Crippen LogP) is 6.45. The summed E-state index contributed by atoms with van der Waals surface area (Å²) in [6.07, 6.45) is 2.47. The molecule has 224 valence electrons. The van der Waals surface area contributed by atoms with Crippen LogP contribution in [0.2, 0.25) is 0 Å². The van der Waals surface area contributed by atoms with Gasteiger partial charge in [0.2, 0.25) is 11.8 Å². The van der Waals surface area contributed by atoms with Gasteiger partial charge in [0.05, 0.1) is 22.1 Å². The van der Waals surface area contributed by atoms with E-state index in [2.05, 4.69) is 34.1 Å². The van der Waals surface area contributed by atoms with Gasteiger partial charge in [-0.3, -0.25) is 14.4 Å². The summed E-state index contributed by atoms with van der Waals surface area (Å²) in [6, 6.07) is 27.0. The van der Waals surface area contributed by atoms with Crippen LogP contribution in [0.5, 0.6) is 0 Å². The maximum atomic E-state index is 13.4. The number of aromatic nitrogens is 1. The molecule has 0 spiro atoms. The van der Waals surface area contributed by atoms with E-state index in [1.165, 1.54) is 29.8 Å². The Morgan fingerprint density at radius 2 is 1.69 bits per heavy atom. The SMILES string of the molecule is N#Cc1cc2c(nc1SC1CC(=O)N(c3ccc(C(=O)OCC(=O)c4ccc(Br)cc4)cc3)C1=O)CCC(c1ccccc1)C2. The monoisotopic (exact) mass is 679 g/mol. The van der Waals surface area contributed by atoms with Gasteiger partial charge in [0.15, 0.2) is 12.4 Å². The lowest BCUT2D eigenvalue weighted by Gasteiger charge is -2.25. The van der Waals surface area contributed by atoms with Crippen LogP contribution in [0.15, 0.2) is 94.4 Å². The molecule has 2 aliphatic rings. The Labute approximate surface area is 272 Å². The van der Waals surface area contributed by atoms with Crippen molar-refractivity contribution in [2.45, 2.75) is 41.9 Å². The number of nitriles is 1. The topological polar surface area (TPSA) is 117 Å². The number of pyridine rings is 1. The normalized spacial score (nSPS) is 17.5. The summed E-state index contributed by atoms with van der Waals surface area (Å²) in [7, 11) is 0. The lowest BCUT2D eigenvalue weighted by Crippen LogP contribution is -2.31. The van der Waals surface area contributed by atoms with Gasteiger partial charge < -0.3 is 4.74 Å². The maximum Gasteiger partial charge on any atom is 0.338 e. The molecule has 6 rings (SSSR count). The number of anilines is 1. The van der Waals surface area contributed by atoms with Gasteiger partial charge in [0.1, 0.15) is 11.1 Å². The van der Waals surface area contributed by atoms with Crippen LogP contribution in [0.3, 0.4) is 0 Å². The van der Waals surface area contributed by atoms with E-state index in [0.717, 1.165) is 51.7 Å². The molecule has 10 heteroatoms. The second kappa shape index (κ2) is 13.2. The number of nitrogens with zero attached hydrogens (tertiary/aromatic N) is 3. The zero-order valence-corrected chi connectivity index (χ0v) is 26.3. The number of carbonyl (C=O) groups is 4. The van der Waals surface area contributed by atoms with Gasteiger partial charge in [-0.15, -0.1) is 0 Å². The van der Waals surface area contributed by atoms with Gasteiger partial charge in [-0.05, 0) is 78.8 Å². The first kappa shape index (κ1) is 30.4. The third-order valence-corrected chi connectivity index (χ3v) is 9.68. The first-order chi connectivity index (χ1) is 21.8. The highest BCUT2D eigenvalue weighted by molar-refractivity contribution is 9.10. The number of thioether (sulfide) groups is 1. The molecule has 0 bridgehead atoms. The molecule has 2 heterocycles. The Hall–Kier alpha value is -4.59. The number of halogens is 1. The third kappa shape index (κ3) is 6.60. The highest BCUT2D eigenvalue weighted by Crippen LogP contribution is 2.38. The Balaban J connectivity index is 1.10. The lowest BCUT2D eigenvalue weighted by atomic mass is 9.82. The molecule has 2 amide bonds. The molecule has 0 N–H and O–H groups in total. The number of ketones is 1. The molecule has 45 heavy (non-hydrogen) atoms. The van der Waals surface area contributed by atoms with Crippen LogP contribution in [0.25, 0.3) is 0 Å². The second-order valence-corrected chi connectivity index (χ2v) is 12.9. The molecular weight excluding hydrogens is 654 g/mol. The minimum absolute atomic E-state index is 0.0365. The minimum Gasteiger partial charge on any atom is -0.454 e. The predicted molar refractivity (Wildman–Crippen MR) is 172 cm³/mol. The largest absolute Gasteiger partial charge is 0.454 e. The highest BCUT2D eigenvalue weighted by atomic mass is 79.9. The number of esters is 1. The number of benzene rings is 3. The molecule has 1 aliphatic heterocycles. The van der Waals surface area contributed by atoms with E-state index in [4.69, 9.17) is 9.72 Å². The zero-order valence-electron chi connectivity index (χ0n) is 23.9. The summed E-state index contributed by atoms with van der Waals surface area (Å²) in [6.45, 7) is -0.417. The molecule has 0 radical (unpaired) electrons. The Morgan fingerprint density at radius 1 is 0.978 bits per heavy atom. The van der Waals surface area contributed by atoms with E-state index in [1.807, 2.05) is 24.3 Å². The number of fused-ring (bicyclic) bond motifs is 1. The van der Waals surface area contributed by atoms with E-state index in [9.17, 15) is 24.4 Å². The Kier molecular flexibility index (Phi) is 8.92. The van der Waals surface area contributed by atoms with Crippen LogP contribution < -0.4 is 4.90 Å². The highest BCUT2D eigenvalue weighted by Gasteiger charge is 2.41. The van der Waals surface area contributed by atoms with Crippen LogP contribution in [0.1, 0.15) is 61.9 Å². The number of hydrogen-bond donors (Lipinski definition) is 0. The quantitative estimate of drug-likeness (QED) is 0.118. The number of Topliss-reactive ketones (excluding diaryl/α,β-unsaturated/α-hetero) is 1. The molecule has 1 saturated heterocycles. The number of ether oxygens (including phenoxy) is 1. The van der Waals surface area contributed by atoms with Crippen molar-refractivity contribution in [2.75, 3.05) is 11.5 Å². The van der Waals surface area contributed by atoms with E-state index >= 15 is 0 Å². The van der Waals surface area contributed by atoms with Gasteiger partial charge in [-0.25, -0.2) is 14.7 Å². The van der Waals surface area contributed by atoms with Gasteiger partial charge in [-0.2, -0.15) is 5.26 Å². The molecule has 8 nitrogen and oxygen atoms in total. The lowest BCUT2D eigenvalue weighted by molar-refractivity contribution is -0.121. The number of imide groups is 1. The first-order valence-electron chi connectivity index (χ1n) is 14.4. The Bertz CT molecular complexity index is 1840. The molecule has 3 aromatic carbocycles. The summed E-state index contributed by atoms with van der Waals surface area (Å²) in [5.41, 5.74) is 4.56. The average molecular weight is 681 g/mol. The van der Waals surface area contributed by atoms with Gasteiger partial charge >= 0.3 is 5.97 Å². The number of rotatable bonds is 8. The van der Waals surface area contributed by atoms with E-state index < -0.39 is 23.7 Å². The fourth-order valence-corrected chi connectivity index (χ4v) is 6.97. The fourth-order valence-electron chi connectivity index (χ4n) is 5.61. The standard InChI is InChI=1S/C35H26BrN3O5S/c36-27-11-6-22(7-12-27)30(40)20-44-35(43)23-8-13-28(14-9-23)39-32(41)18-31(34(39)42)45-33-26(19-37)17-25-16-24(10-15-29(25)38-33)21-4-2-1-3-5-21/h1-9,11-14,17,24,31H,10,15-16,18,20H2. The van der Waals surface area contributed by atoms with Crippen molar-refractivity contribution < 1.29 is 23.9 Å². The van der Waals surface area contributed by atoms with Gasteiger partial charge in [0.25, 0.3) is 0 Å². The smallest absolute Gasteiger partial charge is 0.338 e. The van der Waals surface area contributed by atoms with Crippen molar-refractivity contribution in [3.63, 3.8) is 0 Å². The molecule has 2 atom stereocenters. The van der Waals surface area contributed by atoms with E-state index in [0.29, 0.717) is 27.8 Å². The van der Waals surface area contributed by atoms with Gasteiger partial charge in [-0.1, -0.05) is 70.2 Å². The molecule has 4 aromatic rings. The van der Waals surface area contributed by atoms with Crippen molar-refractivity contribution in [3.8, 4) is 6.07 Å². The van der Waals surface area contributed by atoms with E-state index in [1.54, 1.807) is 24.3 Å². The van der Waals surface area contributed by atoms with Crippen LogP contribution in [-0.2, 0) is 27.2 Å². The molecule has 1 fully saturated rings. The maximum absolute atomic E-state index is 13.4. The Morgan fingerprint density at radius 3 is 2.40 bits per heavy atom. The zero-order chi connectivity index (χ0) is 31.5. The summed E-state index contributed by atoms with van der Waals surface area (Å²) in [5, 5.41) is 9.63. The van der Waals surface area contributed by atoms with Crippen LogP contribution in [0.4, 0.5) is 5.69 Å².